The third kappa shape index (κ3) is 4.48. The Morgan fingerprint density at radius 1 is 0.909 bits per heavy atom. The van der Waals surface area contributed by atoms with Gasteiger partial charge in [-0.25, -0.2) is 4.98 Å². The Bertz CT molecular complexity index is 1270. The Hall–Kier alpha value is -3.99. The number of fused-ring (bicyclic) bond motifs is 1. The SMILES string of the molecule is O=C1C[C@H](C(=O)N(Cc2cccc3ccccc23)c2ccccn2)CN1Cc1ccccc1. The lowest BCUT2D eigenvalue weighted by Gasteiger charge is -2.25. The van der Waals surface area contributed by atoms with Crippen molar-refractivity contribution in [2.75, 3.05) is 11.4 Å². The molecule has 0 radical (unpaired) electrons. The van der Waals surface area contributed by atoms with Gasteiger partial charge >= 0.3 is 0 Å². The number of carbonyl (C=O) groups excluding carboxylic acids is 2. The van der Waals surface area contributed by atoms with Crippen molar-refractivity contribution < 1.29 is 9.59 Å². The maximum Gasteiger partial charge on any atom is 0.233 e. The highest BCUT2D eigenvalue weighted by molar-refractivity contribution is 5.99. The Morgan fingerprint density at radius 3 is 2.48 bits per heavy atom. The lowest BCUT2D eigenvalue weighted by molar-refractivity contribution is -0.128. The van der Waals surface area contributed by atoms with Crippen molar-refractivity contribution in [1.29, 1.82) is 0 Å². The van der Waals surface area contributed by atoms with Crippen molar-refractivity contribution in [2.45, 2.75) is 19.5 Å². The van der Waals surface area contributed by atoms with E-state index in [2.05, 4.69) is 23.2 Å². The molecule has 1 aliphatic heterocycles. The summed E-state index contributed by atoms with van der Waals surface area (Å²) in [5, 5.41) is 2.25. The number of nitrogens with zero attached hydrogens (tertiary/aromatic N) is 3. The molecule has 3 aromatic carbocycles. The predicted molar refractivity (Wildman–Crippen MR) is 129 cm³/mol. The topological polar surface area (TPSA) is 53.5 Å². The van der Waals surface area contributed by atoms with Crippen LogP contribution in [0.2, 0.25) is 0 Å². The van der Waals surface area contributed by atoms with Crippen LogP contribution in [0.1, 0.15) is 17.5 Å². The molecule has 1 aliphatic rings. The van der Waals surface area contributed by atoms with Crippen LogP contribution in [0.15, 0.2) is 97.2 Å². The normalized spacial score (nSPS) is 15.7. The summed E-state index contributed by atoms with van der Waals surface area (Å²) >= 11 is 0. The summed E-state index contributed by atoms with van der Waals surface area (Å²) < 4.78 is 0. The molecule has 0 unspecified atom stereocenters. The summed E-state index contributed by atoms with van der Waals surface area (Å²) in [6.45, 7) is 1.35. The van der Waals surface area contributed by atoms with Gasteiger partial charge in [-0.05, 0) is 34.0 Å². The third-order valence-electron chi connectivity index (χ3n) is 6.18. The van der Waals surface area contributed by atoms with E-state index in [9.17, 15) is 9.59 Å². The molecule has 1 fully saturated rings. The predicted octanol–water partition coefficient (Wildman–Crippen LogP) is 4.82. The van der Waals surface area contributed by atoms with Gasteiger partial charge in [0.25, 0.3) is 0 Å². The van der Waals surface area contributed by atoms with Crippen LogP contribution in [0, 0.1) is 5.92 Å². The van der Waals surface area contributed by atoms with E-state index >= 15 is 0 Å². The smallest absolute Gasteiger partial charge is 0.233 e. The molecular weight excluding hydrogens is 410 g/mol. The minimum Gasteiger partial charge on any atom is -0.338 e. The molecule has 164 valence electrons. The average molecular weight is 436 g/mol. The lowest BCUT2D eigenvalue weighted by atomic mass is 10.0. The number of amides is 2. The average Bonchev–Trinajstić information content (AvgIpc) is 3.23. The van der Waals surface area contributed by atoms with E-state index in [1.807, 2.05) is 72.8 Å². The molecular formula is C28H25N3O2. The highest BCUT2D eigenvalue weighted by atomic mass is 16.2. The first-order valence-corrected chi connectivity index (χ1v) is 11.2. The number of hydrogen-bond acceptors (Lipinski definition) is 3. The molecule has 33 heavy (non-hydrogen) atoms. The van der Waals surface area contributed by atoms with Crippen molar-refractivity contribution in [3.63, 3.8) is 0 Å². The van der Waals surface area contributed by atoms with Gasteiger partial charge in [0.2, 0.25) is 11.8 Å². The number of pyridine rings is 1. The van der Waals surface area contributed by atoms with Crippen LogP contribution in [0.3, 0.4) is 0 Å². The van der Waals surface area contributed by atoms with Crippen molar-refractivity contribution in [2.24, 2.45) is 5.92 Å². The Balaban J connectivity index is 1.41. The van der Waals surface area contributed by atoms with Crippen LogP contribution in [0.5, 0.6) is 0 Å². The van der Waals surface area contributed by atoms with E-state index < -0.39 is 5.92 Å². The summed E-state index contributed by atoms with van der Waals surface area (Å²) in [4.78, 5) is 34.4. The first-order chi connectivity index (χ1) is 16.2. The van der Waals surface area contributed by atoms with Gasteiger partial charge in [0, 0.05) is 25.7 Å². The van der Waals surface area contributed by atoms with Gasteiger partial charge in [-0.3, -0.25) is 14.5 Å². The molecule has 1 aromatic heterocycles. The number of anilines is 1. The van der Waals surface area contributed by atoms with Crippen LogP contribution >= 0.6 is 0 Å². The number of carbonyl (C=O) groups is 2. The van der Waals surface area contributed by atoms with Crippen LogP contribution in [0.25, 0.3) is 10.8 Å². The molecule has 2 amide bonds. The quantitative estimate of drug-likeness (QED) is 0.436. The van der Waals surface area contributed by atoms with Gasteiger partial charge in [-0.1, -0.05) is 78.9 Å². The Labute approximate surface area is 193 Å². The molecule has 0 bridgehead atoms. The first-order valence-electron chi connectivity index (χ1n) is 11.2. The largest absolute Gasteiger partial charge is 0.338 e. The second kappa shape index (κ2) is 9.25. The molecule has 1 saturated heterocycles. The lowest BCUT2D eigenvalue weighted by Crippen LogP contribution is -2.37. The zero-order chi connectivity index (χ0) is 22.6. The fourth-order valence-corrected chi connectivity index (χ4v) is 4.50. The van der Waals surface area contributed by atoms with Crippen molar-refractivity contribution >= 4 is 28.4 Å². The molecule has 0 N–H and O–H groups in total. The molecule has 5 rings (SSSR count). The molecule has 0 spiro atoms. The zero-order valence-corrected chi connectivity index (χ0v) is 18.3. The van der Waals surface area contributed by atoms with Gasteiger partial charge in [-0.2, -0.15) is 0 Å². The maximum atomic E-state index is 13.7. The molecule has 5 heteroatoms. The monoisotopic (exact) mass is 435 g/mol. The van der Waals surface area contributed by atoms with E-state index in [-0.39, 0.29) is 18.2 Å². The second-order valence-electron chi connectivity index (χ2n) is 8.41. The first kappa shape index (κ1) is 20.9. The Morgan fingerprint density at radius 2 is 1.67 bits per heavy atom. The summed E-state index contributed by atoms with van der Waals surface area (Å²) in [7, 11) is 0. The van der Waals surface area contributed by atoms with Crippen molar-refractivity contribution in [1.82, 2.24) is 9.88 Å². The molecule has 1 atom stereocenters. The second-order valence-corrected chi connectivity index (χ2v) is 8.41. The fraction of sp³-hybridized carbons (Fsp3) is 0.179. The summed E-state index contributed by atoms with van der Waals surface area (Å²) in [6.07, 6.45) is 1.92. The third-order valence-corrected chi connectivity index (χ3v) is 6.18. The van der Waals surface area contributed by atoms with Crippen molar-refractivity contribution in [3.05, 3.63) is 108 Å². The fourth-order valence-electron chi connectivity index (χ4n) is 4.50. The summed E-state index contributed by atoms with van der Waals surface area (Å²) in [5.41, 5.74) is 2.12. The van der Waals surface area contributed by atoms with Gasteiger partial charge in [0.15, 0.2) is 0 Å². The molecule has 5 nitrogen and oxygen atoms in total. The summed E-state index contributed by atoms with van der Waals surface area (Å²) in [5.74, 6) is 0.163. The molecule has 0 aliphatic carbocycles. The standard InChI is InChI=1S/C28H25N3O2/c32-27-17-24(19-30(27)18-21-9-2-1-3-10-21)28(33)31(26-15-6-7-16-29-26)20-23-13-8-12-22-11-4-5-14-25(22)23/h1-16,24H,17-20H2/t24-/m0/s1. The molecule has 0 saturated carbocycles. The molecule has 4 aromatic rings. The van der Waals surface area contributed by atoms with Crippen LogP contribution in [-0.2, 0) is 22.7 Å². The van der Waals surface area contributed by atoms with E-state index in [1.165, 1.54) is 0 Å². The van der Waals surface area contributed by atoms with E-state index in [0.717, 1.165) is 21.9 Å². The van der Waals surface area contributed by atoms with E-state index in [0.29, 0.717) is 25.5 Å². The van der Waals surface area contributed by atoms with Crippen LogP contribution < -0.4 is 4.90 Å². The van der Waals surface area contributed by atoms with Gasteiger partial charge < -0.3 is 4.90 Å². The minimum atomic E-state index is -0.391. The van der Waals surface area contributed by atoms with E-state index in [4.69, 9.17) is 0 Å². The van der Waals surface area contributed by atoms with Gasteiger partial charge in [-0.15, -0.1) is 0 Å². The number of aromatic nitrogens is 1. The highest BCUT2D eigenvalue weighted by Crippen LogP contribution is 2.27. The highest BCUT2D eigenvalue weighted by Gasteiger charge is 2.37. The minimum absolute atomic E-state index is 0.0170. The van der Waals surface area contributed by atoms with Gasteiger partial charge in [0.05, 0.1) is 12.5 Å². The maximum absolute atomic E-state index is 13.7. The van der Waals surface area contributed by atoms with Crippen LogP contribution in [-0.4, -0.2) is 28.2 Å². The molecule has 2 heterocycles. The van der Waals surface area contributed by atoms with E-state index in [1.54, 1.807) is 16.0 Å². The number of benzene rings is 3. The summed E-state index contributed by atoms with van der Waals surface area (Å²) in [6, 6.07) is 29.8. The zero-order valence-electron chi connectivity index (χ0n) is 18.3. The van der Waals surface area contributed by atoms with Crippen LogP contribution in [0.4, 0.5) is 5.82 Å². The van der Waals surface area contributed by atoms with Crippen molar-refractivity contribution in [3.8, 4) is 0 Å². The van der Waals surface area contributed by atoms with Gasteiger partial charge in [0.1, 0.15) is 5.82 Å². The number of likely N-dealkylation sites (tertiary alicyclic amines) is 1. The Kier molecular flexibility index (Phi) is 5.85. The number of rotatable bonds is 6. The number of hydrogen-bond donors (Lipinski definition) is 0.